The molecular weight excluding hydrogens is 512 g/mol. The van der Waals surface area contributed by atoms with Gasteiger partial charge >= 0.3 is 0 Å². The molecule has 1 aliphatic rings. The highest BCUT2D eigenvalue weighted by atomic mass is 79.9. The second-order valence-corrected chi connectivity index (χ2v) is 8.87. The largest absolute Gasteiger partial charge is 0.503 e. The summed E-state index contributed by atoms with van der Waals surface area (Å²) in [6, 6.07) is 12.3. The number of hydrogen-bond acceptors (Lipinski definition) is 6. The Morgan fingerprint density at radius 2 is 1.97 bits per heavy atom. The van der Waals surface area contributed by atoms with E-state index in [1.807, 2.05) is 13.0 Å². The zero-order chi connectivity index (χ0) is 23.4. The fourth-order valence-corrected chi connectivity index (χ4v) is 4.70. The molecule has 1 N–H and O–H groups in total. The van der Waals surface area contributed by atoms with Gasteiger partial charge < -0.3 is 14.3 Å². The monoisotopic (exact) mass is 526 g/mol. The van der Waals surface area contributed by atoms with Crippen LogP contribution in [0.15, 0.2) is 62.2 Å². The Balaban J connectivity index is 1.85. The Morgan fingerprint density at radius 3 is 2.70 bits per heavy atom. The van der Waals surface area contributed by atoms with Gasteiger partial charge in [0.2, 0.25) is 5.76 Å². The van der Waals surface area contributed by atoms with Gasteiger partial charge in [-0.1, -0.05) is 17.7 Å². The number of nitrogens with zero attached hydrogens (tertiary/aromatic N) is 2. The summed E-state index contributed by atoms with van der Waals surface area (Å²) in [6.07, 6.45) is 0. The molecule has 0 saturated carbocycles. The van der Waals surface area contributed by atoms with Crippen molar-refractivity contribution in [3.8, 4) is 11.5 Å². The predicted octanol–water partition coefficient (Wildman–Crippen LogP) is 5.38. The summed E-state index contributed by atoms with van der Waals surface area (Å²) in [5.41, 5.74) is 1.29. The van der Waals surface area contributed by atoms with E-state index >= 15 is 0 Å². The zero-order valence-corrected chi connectivity index (χ0v) is 19.8. The minimum absolute atomic E-state index is 0.0636. The Bertz CT molecular complexity index is 1520. The number of benzene rings is 2. The van der Waals surface area contributed by atoms with E-state index in [4.69, 9.17) is 20.8 Å². The number of amides is 1. The van der Waals surface area contributed by atoms with Gasteiger partial charge in [-0.15, -0.1) is 0 Å². The molecule has 0 saturated heterocycles. The molecule has 0 spiro atoms. The summed E-state index contributed by atoms with van der Waals surface area (Å²) >= 11 is 9.45. The normalized spacial score (nSPS) is 15.2. The molecule has 7 nitrogen and oxygen atoms in total. The molecule has 4 aromatic rings. The number of ether oxygens (including phenoxy) is 1. The van der Waals surface area contributed by atoms with E-state index in [2.05, 4.69) is 20.9 Å². The van der Waals surface area contributed by atoms with Crippen molar-refractivity contribution in [2.45, 2.75) is 13.0 Å². The number of phenolic OH excluding ortho intramolecular Hbond substituents is 1. The number of aromatic hydroxyl groups is 1. The van der Waals surface area contributed by atoms with Crippen LogP contribution in [0.5, 0.6) is 11.5 Å². The summed E-state index contributed by atoms with van der Waals surface area (Å²) in [7, 11) is 1.42. The first-order valence-electron chi connectivity index (χ1n) is 9.90. The fraction of sp³-hybridized carbons (Fsp3) is 0.125. The van der Waals surface area contributed by atoms with Crippen LogP contribution in [0, 0.1) is 6.92 Å². The molecule has 1 atom stereocenters. The molecule has 166 valence electrons. The summed E-state index contributed by atoms with van der Waals surface area (Å²) in [5.74, 6) is -0.105. The third kappa shape index (κ3) is 3.37. The molecule has 3 heterocycles. The molecule has 1 unspecified atom stereocenters. The van der Waals surface area contributed by atoms with Crippen molar-refractivity contribution in [3.63, 3.8) is 0 Å². The number of carbonyl (C=O) groups is 1. The van der Waals surface area contributed by atoms with Gasteiger partial charge in [-0.05, 0) is 70.9 Å². The average molecular weight is 528 g/mol. The lowest BCUT2D eigenvalue weighted by Crippen LogP contribution is -2.30. The second-order valence-electron chi connectivity index (χ2n) is 7.58. The Kier molecular flexibility index (Phi) is 5.14. The van der Waals surface area contributed by atoms with Gasteiger partial charge in [-0.2, -0.15) is 0 Å². The number of hydrogen-bond donors (Lipinski definition) is 1. The van der Waals surface area contributed by atoms with Crippen LogP contribution in [-0.4, -0.2) is 23.1 Å². The molecular formula is C24H16BrClN2O5. The summed E-state index contributed by atoms with van der Waals surface area (Å²) in [5, 5.41) is 10.9. The minimum Gasteiger partial charge on any atom is -0.503 e. The molecule has 9 heteroatoms. The third-order valence-electron chi connectivity index (χ3n) is 5.54. The number of rotatable bonds is 3. The minimum atomic E-state index is -0.868. The lowest BCUT2D eigenvalue weighted by molar-refractivity contribution is 0.0970. The number of halogens is 2. The average Bonchev–Trinajstić information content (AvgIpc) is 3.08. The smallest absolute Gasteiger partial charge is 0.296 e. The lowest BCUT2D eigenvalue weighted by atomic mass is 9.98. The first-order valence-corrected chi connectivity index (χ1v) is 11.1. The van der Waals surface area contributed by atoms with E-state index in [-0.39, 0.29) is 39.2 Å². The van der Waals surface area contributed by atoms with Crippen molar-refractivity contribution < 1.29 is 19.1 Å². The molecule has 2 aromatic carbocycles. The van der Waals surface area contributed by atoms with Crippen LogP contribution < -0.4 is 15.1 Å². The maximum Gasteiger partial charge on any atom is 0.296 e. The number of aromatic nitrogens is 1. The van der Waals surface area contributed by atoms with E-state index in [0.717, 1.165) is 0 Å². The van der Waals surface area contributed by atoms with Crippen molar-refractivity contribution in [2.24, 2.45) is 0 Å². The number of fused-ring (bicyclic) bond motifs is 2. The van der Waals surface area contributed by atoms with Crippen molar-refractivity contribution >= 4 is 50.2 Å². The zero-order valence-electron chi connectivity index (χ0n) is 17.4. The molecule has 5 rings (SSSR count). The highest BCUT2D eigenvalue weighted by Crippen LogP contribution is 2.44. The Labute approximate surface area is 201 Å². The maximum atomic E-state index is 13.6. The van der Waals surface area contributed by atoms with Crippen LogP contribution >= 0.6 is 27.5 Å². The maximum absolute atomic E-state index is 13.6. The van der Waals surface area contributed by atoms with Gasteiger partial charge in [0, 0.05) is 10.7 Å². The van der Waals surface area contributed by atoms with Crippen molar-refractivity contribution in [1.29, 1.82) is 0 Å². The van der Waals surface area contributed by atoms with Crippen LogP contribution in [0.2, 0.25) is 5.02 Å². The van der Waals surface area contributed by atoms with E-state index < -0.39 is 11.9 Å². The van der Waals surface area contributed by atoms with Gasteiger partial charge in [0.15, 0.2) is 16.9 Å². The first-order chi connectivity index (χ1) is 15.8. The third-order valence-corrected chi connectivity index (χ3v) is 6.38. The number of pyridine rings is 1. The van der Waals surface area contributed by atoms with E-state index in [9.17, 15) is 14.7 Å². The highest BCUT2D eigenvalue weighted by molar-refractivity contribution is 9.10. The number of carbonyl (C=O) groups excluding carboxylic acids is 1. The predicted molar refractivity (Wildman–Crippen MR) is 127 cm³/mol. The lowest BCUT2D eigenvalue weighted by Gasteiger charge is -2.25. The van der Waals surface area contributed by atoms with Crippen LogP contribution in [0.25, 0.3) is 11.0 Å². The molecule has 1 amide bonds. The molecule has 0 radical (unpaired) electrons. The van der Waals surface area contributed by atoms with Gasteiger partial charge in [-0.25, -0.2) is 4.98 Å². The van der Waals surface area contributed by atoms with Crippen molar-refractivity contribution in [1.82, 2.24) is 4.98 Å². The summed E-state index contributed by atoms with van der Waals surface area (Å²) in [4.78, 5) is 33.2. The molecule has 0 aliphatic carbocycles. The topological polar surface area (TPSA) is 92.9 Å². The quantitative estimate of drug-likeness (QED) is 0.385. The van der Waals surface area contributed by atoms with Crippen molar-refractivity contribution in [3.05, 3.63) is 90.8 Å². The van der Waals surface area contributed by atoms with Crippen LogP contribution in [0.3, 0.4) is 0 Å². The SMILES string of the molecule is COc1cc(C2c3c(oc4ccc(Cl)cc4c3=O)C(=O)N2c2cccc(C)n2)cc(Br)c1O. The number of aryl methyl sites for hydroxylation is 1. The fourth-order valence-electron chi connectivity index (χ4n) is 4.07. The Hall–Kier alpha value is -3.36. The van der Waals surface area contributed by atoms with Gasteiger partial charge in [0.05, 0.1) is 28.6 Å². The number of methoxy groups -OCH3 is 1. The molecule has 33 heavy (non-hydrogen) atoms. The van der Waals surface area contributed by atoms with Crippen LogP contribution in [0.1, 0.15) is 33.4 Å². The summed E-state index contributed by atoms with van der Waals surface area (Å²) in [6.45, 7) is 1.81. The summed E-state index contributed by atoms with van der Waals surface area (Å²) < 4.78 is 11.6. The van der Waals surface area contributed by atoms with E-state index in [1.165, 1.54) is 18.1 Å². The van der Waals surface area contributed by atoms with Gasteiger partial charge in [0.1, 0.15) is 11.4 Å². The molecule has 1 aliphatic heterocycles. The second kappa shape index (κ2) is 7.90. The highest BCUT2D eigenvalue weighted by Gasteiger charge is 2.44. The van der Waals surface area contributed by atoms with E-state index in [1.54, 1.807) is 36.4 Å². The molecule has 2 aromatic heterocycles. The number of anilines is 1. The van der Waals surface area contributed by atoms with Gasteiger partial charge in [0.25, 0.3) is 5.91 Å². The molecule has 0 bridgehead atoms. The van der Waals surface area contributed by atoms with Crippen LogP contribution in [-0.2, 0) is 0 Å². The van der Waals surface area contributed by atoms with Crippen LogP contribution in [0.4, 0.5) is 5.82 Å². The van der Waals surface area contributed by atoms with Crippen molar-refractivity contribution in [2.75, 3.05) is 12.0 Å². The van der Waals surface area contributed by atoms with Gasteiger partial charge in [-0.3, -0.25) is 14.5 Å². The number of phenols is 1. The Morgan fingerprint density at radius 1 is 1.18 bits per heavy atom. The van der Waals surface area contributed by atoms with E-state index in [0.29, 0.717) is 26.6 Å². The standard InChI is InChI=1S/C24H16BrClN2O5/c1-11-4-3-5-18(27-11)28-20(12-8-15(25)22(30)17(9-12)32-2)19-21(29)14-10-13(26)6-7-16(14)33-23(19)24(28)31/h3-10,20,30H,1-2H3. The molecule has 0 fully saturated rings. The first kappa shape index (κ1) is 21.5.